The monoisotopic (exact) mass is 518 g/mol. The third kappa shape index (κ3) is 5.60. The summed E-state index contributed by atoms with van der Waals surface area (Å²) in [5.74, 6) is 1.04. The fourth-order valence-corrected chi connectivity index (χ4v) is 5.60. The highest BCUT2D eigenvalue weighted by atomic mass is 32.1. The third-order valence-electron chi connectivity index (χ3n) is 7.00. The zero-order chi connectivity index (χ0) is 25.9. The summed E-state index contributed by atoms with van der Waals surface area (Å²) < 4.78 is 0. The molecule has 5 nitrogen and oxygen atoms in total. The molecule has 0 radical (unpaired) electrons. The topological polar surface area (TPSA) is 58.1 Å². The van der Waals surface area contributed by atoms with Gasteiger partial charge in [0.1, 0.15) is 12.1 Å². The van der Waals surface area contributed by atoms with E-state index in [0.717, 1.165) is 51.1 Å². The molecular weight excluding hydrogens is 488 g/mol. The smallest absolute Gasteiger partial charge is 0.228 e. The molecule has 5 aromatic rings. The lowest BCUT2D eigenvalue weighted by Crippen LogP contribution is -2.33. The highest BCUT2D eigenvalue weighted by Gasteiger charge is 2.32. The van der Waals surface area contributed by atoms with Gasteiger partial charge in [0.05, 0.1) is 11.9 Å². The Morgan fingerprint density at radius 2 is 1.79 bits per heavy atom. The Bertz CT molecular complexity index is 1580. The van der Waals surface area contributed by atoms with Gasteiger partial charge in [-0.2, -0.15) is 0 Å². The van der Waals surface area contributed by atoms with Gasteiger partial charge in [-0.15, -0.1) is 11.3 Å². The second-order valence-corrected chi connectivity index (χ2v) is 11.0. The molecule has 2 heterocycles. The minimum absolute atomic E-state index is 0.215. The number of amides is 1. The minimum Gasteiger partial charge on any atom is -0.365 e. The summed E-state index contributed by atoms with van der Waals surface area (Å²) in [6.07, 6.45) is 4.29. The van der Waals surface area contributed by atoms with Crippen LogP contribution in [-0.2, 0) is 24.3 Å². The average molecular weight is 519 g/mol. The van der Waals surface area contributed by atoms with Gasteiger partial charge in [0, 0.05) is 29.4 Å². The molecule has 6 heteroatoms. The van der Waals surface area contributed by atoms with E-state index in [4.69, 9.17) is 0 Å². The molecule has 0 aliphatic heterocycles. The molecule has 1 saturated carbocycles. The number of thiophene rings is 1. The van der Waals surface area contributed by atoms with E-state index in [1.807, 2.05) is 17.5 Å². The lowest BCUT2D eigenvalue weighted by atomic mass is 10.0. The van der Waals surface area contributed by atoms with Crippen LogP contribution >= 0.6 is 11.3 Å². The van der Waals surface area contributed by atoms with Gasteiger partial charge in [0.2, 0.25) is 5.91 Å². The molecule has 1 fully saturated rings. The molecule has 38 heavy (non-hydrogen) atoms. The number of anilines is 1. The van der Waals surface area contributed by atoms with Crippen LogP contribution in [0.15, 0.2) is 90.6 Å². The van der Waals surface area contributed by atoms with Gasteiger partial charge in [-0.1, -0.05) is 60.2 Å². The number of hydrogen-bond acceptors (Lipinski definition) is 5. The van der Waals surface area contributed by atoms with Crippen molar-refractivity contribution in [1.29, 1.82) is 0 Å². The molecule has 1 amide bonds. The van der Waals surface area contributed by atoms with E-state index in [2.05, 4.69) is 93.8 Å². The van der Waals surface area contributed by atoms with Crippen LogP contribution in [-0.4, -0.2) is 26.8 Å². The van der Waals surface area contributed by atoms with Gasteiger partial charge in [-0.3, -0.25) is 4.79 Å². The summed E-state index contributed by atoms with van der Waals surface area (Å²) in [5, 5.41) is 6.53. The fourth-order valence-electron chi connectivity index (χ4n) is 4.90. The highest BCUT2D eigenvalue weighted by molar-refractivity contribution is 7.10. The second kappa shape index (κ2) is 10.8. The second-order valence-electron chi connectivity index (χ2n) is 10.0. The number of hydrogen-bond donors (Lipinski definition) is 1. The molecule has 1 aliphatic carbocycles. The number of aromatic nitrogens is 2. The van der Waals surface area contributed by atoms with Crippen LogP contribution in [0.2, 0.25) is 0 Å². The van der Waals surface area contributed by atoms with Crippen LogP contribution in [0.25, 0.3) is 22.0 Å². The van der Waals surface area contributed by atoms with Crippen molar-refractivity contribution >= 4 is 34.0 Å². The van der Waals surface area contributed by atoms with E-state index in [1.54, 1.807) is 17.7 Å². The zero-order valence-corrected chi connectivity index (χ0v) is 22.2. The van der Waals surface area contributed by atoms with Gasteiger partial charge in [-0.25, -0.2) is 9.97 Å². The Labute approximate surface area is 227 Å². The van der Waals surface area contributed by atoms with Crippen molar-refractivity contribution in [3.63, 3.8) is 0 Å². The summed E-state index contributed by atoms with van der Waals surface area (Å²) in [6.45, 7) is 3.44. The van der Waals surface area contributed by atoms with Crippen molar-refractivity contribution in [3.8, 4) is 11.1 Å². The van der Waals surface area contributed by atoms with Crippen LogP contribution < -0.4 is 5.32 Å². The normalized spacial score (nSPS) is 13.0. The lowest BCUT2D eigenvalue weighted by molar-refractivity contribution is -0.131. The molecule has 0 atom stereocenters. The van der Waals surface area contributed by atoms with Crippen molar-refractivity contribution < 1.29 is 4.79 Å². The number of carbonyl (C=O) groups is 1. The predicted octanol–water partition coefficient (Wildman–Crippen LogP) is 7.01. The molecular formula is C32H30N4OS. The van der Waals surface area contributed by atoms with Gasteiger partial charge >= 0.3 is 0 Å². The maximum absolute atomic E-state index is 13.1. The van der Waals surface area contributed by atoms with Crippen LogP contribution in [0.5, 0.6) is 0 Å². The number of rotatable bonds is 9. The molecule has 1 aliphatic rings. The Morgan fingerprint density at radius 3 is 2.61 bits per heavy atom. The van der Waals surface area contributed by atoms with Gasteiger partial charge in [-0.05, 0) is 71.7 Å². The van der Waals surface area contributed by atoms with Gasteiger partial charge in [0.25, 0.3) is 0 Å². The standard InChI is InChI=1S/C32H30N4OS/c1-22-5-2-6-23(15-22)19-33-32-29-17-26(10-13-30(29)34-21-35-32)25-8-3-7-24(16-25)20-36(27-11-12-27)31(37)18-28-9-4-14-38-28/h2-10,13-17,21,27H,11-12,18-20H2,1H3,(H,33,34,35). The highest BCUT2D eigenvalue weighted by Crippen LogP contribution is 2.31. The van der Waals surface area contributed by atoms with Crippen LogP contribution in [0.4, 0.5) is 5.82 Å². The molecule has 3 aromatic carbocycles. The summed E-state index contributed by atoms with van der Waals surface area (Å²) in [6, 6.07) is 27.8. The Balaban J connectivity index is 1.23. The van der Waals surface area contributed by atoms with E-state index >= 15 is 0 Å². The first kappa shape index (κ1) is 24.3. The molecule has 0 bridgehead atoms. The zero-order valence-electron chi connectivity index (χ0n) is 21.4. The van der Waals surface area contributed by atoms with Crippen molar-refractivity contribution in [1.82, 2.24) is 14.9 Å². The SMILES string of the molecule is Cc1cccc(CNc2ncnc3ccc(-c4cccc(CN(C(=O)Cc5cccs5)C5CC5)c4)cc23)c1. The number of aryl methyl sites for hydroxylation is 1. The van der Waals surface area contributed by atoms with Crippen molar-refractivity contribution in [2.24, 2.45) is 0 Å². The first-order valence-electron chi connectivity index (χ1n) is 13.1. The van der Waals surface area contributed by atoms with E-state index in [9.17, 15) is 4.79 Å². The number of fused-ring (bicyclic) bond motifs is 1. The molecule has 2 aromatic heterocycles. The Kier molecular flexibility index (Phi) is 6.88. The molecule has 0 saturated heterocycles. The largest absolute Gasteiger partial charge is 0.365 e. The fraction of sp³-hybridized carbons (Fsp3) is 0.219. The Hall–Kier alpha value is -4.03. The first-order valence-corrected chi connectivity index (χ1v) is 14.0. The van der Waals surface area contributed by atoms with E-state index < -0.39 is 0 Å². The maximum atomic E-state index is 13.1. The van der Waals surface area contributed by atoms with Crippen molar-refractivity contribution in [3.05, 3.63) is 112 Å². The summed E-state index contributed by atoms with van der Waals surface area (Å²) >= 11 is 1.65. The van der Waals surface area contributed by atoms with E-state index in [0.29, 0.717) is 25.6 Å². The number of benzene rings is 3. The van der Waals surface area contributed by atoms with Crippen LogP contribution in [0.3, 0.4) is 0 Å². The maximum Gasteiger partial charge on any atom is 0.228 e. The number of nitrogens with zero attached hydrogens (tertiary/aromatic N) is 3. The van der Waals surface area contributed by atoms with Crippen LogP contribution in [0, 0.1) is 6.92 Å². The molecule has 0 spiro atoms. The quantitative estimate of drug-likeness (QED) is 0.228. The van der Waals surface area contributed by atoms with Crippen molar-refractivity contribution in [2.45, 2.75) is 45.3 Å². The Morgan fingerprint density at radius 1 is 0.947 bits per heavy atom. The summed E-state index contributed by atoms with van der Waals surface area (Å²) in [4.78, 5) is 25.4. The first-order chi connectivity index (χ1) is 18.6. The average Bonchev–Trinajstić information content (AvgIpc) is 3.65. The van der Waals surface area contributed by atoms with Crippen molar-refractivity contribution in [2.75, 3.05) is 5.32 Å². The lowest BCUT2D eigenvalue weighted by Gasteiger charge is -2.23. The molecule has 190 valence electrons. The molecule has 1 N–H and O–H groups in total. The molecule has 0 unspecified atom stereocenters. The summed E-state index contributed by atoms with van der Waals surface area (Å²) in [5.41, 5.74) is 6.75. The third-order valence-corrected chi connectivity index (χ3v) is 7.88. The van der Waals surface area contributed by atoms with Gasteiger partial charge < -0.3 is 10.2 Å². The minimum atomic E-state index is 0.215. The summed E-state index contributed by atoms with van der Waals surface area (Å²) in [7, 11) is 0. The number of nitrogens with one attached hydrogen (secondary N) is 1. The van der Waals surface area contributed by atoms with Gasteiger partial charge in [0.15, 0.2) is 0 Å². The number of carbonyl (C=O) groups excluding carboxylic acids is 1. The van der Waals surface area contributed by atoms with Crippen LogP contribution in [0.1, 0.15) is 34.4 Å². The predicted molar refractivity (Wildman–Crippen MR) is 155 cm³/mol. The van der Waals surface area contributed by atoms with E-state index in [1.165, 1.54) is 11.1 Å². The van der Waals surface area contributed by atoms with E-state index in [-0.39, 0.29) is 5.91 Å². The molecule has 6 rings (SSSR count).